The molecule has 2 N–H and O–H groups in total. The average molecular weight is 312 g/mol. The summed E-state index contributed by atoms with van der Waals surface area (Å²) in [5.74, 6) is -0.0513. The number of nitrogens with two attached hydrogens (primary N) is 1. The number of fused-ring (bicyclic) bond motifs is 1. The van der Waals surface area contributed by atoms with Gasteiger partial charge in [0, 0.05) is 12.6 Å². The lowest BCUT2D eigenvalue weighted by Crippen LogP contribution is -2.49. The smallest absolute Gasteiger partial charge is 0.245 e. The maximum atomic E-state index is 13.2. The van der Waals surface area contributed by atoms with Crippen molar-refractivity contribution < 1.29 is 12.8 Å². The van der Waals surface area contributed by atoms with Crippen LogP contribution in [-0.2, 0) is 10.0 Å². The van der Waals surface area contributed by atoms with Crippen LogP contribution in [0.3, 0.4) is 0 Å². The minimum absolute atomic E-state index is 0.00654. The molecule has 0 amide bonds. The van der Waals surface area contributed by atoms with E-state index in [1.165, 1.54) is 12.5 Å². The Labute approximate surface area is 125 Å². The van der Waals surface area contributed by atoms with Crippen LogP contribution in [0.4, 0.5) is 10.1 Å². The monoisotopic (exact) mass is 312 g/mol. The third-order valence-electron chi connectivity index (χ3n) is 4.75. The van der Waals surface area contributed by atoms with Crippen LogP contribution in [0, 0.1) is 11.7 Å². The van der Waals surface area contributed by atoms with E-state index >= 15 is 0 Å². The molecule has 0 radical (unpaired) electrons. The number of anilines is 1. The second kappa shape index (κ2) is 5.57. The van der Waals surface area contributed by atoms with E-state index in [-0.39, 0.29) is 16.6 Å². The number of sulfonamides is 1. The molecule has 1 heterocycles. The Morgan fingerprint density at radius 2 is 1.86 bits per heavy atom. The van der Waals surface area contributed by atoms with Crippen molar-refractivity contribution in [3.63, 3.8) is 0 Å². The number of rotatable bonds is 2. The van der Waals surface area contributed by atoms with Crippen molar-refractivity contribution in [2.75, 3.05) is 12.3 Å². The number of nitrogens with zero attached hydrogens (tertiary/aromatic N) is 1. The van der Waals surface area contributed by atoms with Crippen LogP contribution in [0.25, 0.3) is 0 Å². The quantitative estimate of drug-likeness (QED) is 0.854. The van der Waals surface area contributed by atoms with Crippen molar-refractivity contribution in [2.24, 2.45) is 5.92 Å². The van der Waals surface area contributed by atoms with Gasteiger partial charge in [0.25, 0.3) is 0 Å². The minimum Gasteiger partial charge on any atom is -0.398 e. The number of hydrogen-bond acceptors (Lipinski definition) is 3. The fraction of sp³-hybridized carbons (Fsp3) is 0.600. The third-order valence-corrected chi connectivity index (χ3v) is 6.75. The summed E-state index contributed by atoms with van der Waals surface area (Å²) in [6.07, 6.45) is 6.29. The van der Waals surface area contributed by atoms with Gasteiger partial charge < -0.3 is 5.73 Å². The first-order chi connectivity index (χ1) is 10.00. The van der Waals surface area contributed by atoms with Crippen LogP contribution in [0.1, 0.15) is 38.5 Å². The molecule has 116 valence electrons. The molecule has 1 aliphatic heterocycles. The molecule has 4 nitrogen and oxygen atoms in total. The maximum absolute atomic E-state index is 13.2. The Morgan fingerprint density at radius 3 is 2.62 bits per heavy atom. The molecule has 3 rings (SSSR count). The van der Waals surface area contributed by atoms with Crippen molar-refractivity contribution in [2.45, 2.75) is 49.5 Å². The van der Waals surface area contributed by atoms with Gasteiger partial charge in [-0.15, -0.1) is 0 Å². The Hall–Kier alpha value is -1.14. The zero-order valence-electron chi connectivity index (χ0n) is 12.0. The molecule has 0 unspecified atom stereocenters. The Bertz CT molecular complexity index is 631. The zero-order chi connectivity index (χ0) is 15.0. The molecule has 1 aliphatic carbocycles. The van der Waals surface area contributed by atoms with E-state index in [2.05, 4.69) is 0 Å². The van der Waals surface area contributed by atoms with Gasteiger partial charge in [0.15, 0.2) is 0 Å². The molecule has 0 spiro atoms. The summed E-state index contributed by atoms with van der Waals surface area (Å²) in [6, 6.07) is 3.61. The van der Waals surface area contributed by atoms with Crippen LogP contribution in [-0.4, -0.2) is 25.3 Å². The van der Waals surface area contributed by atoms with Gasteiger partial charge in [0.05, 0.1) is 5.69 Å². The highest BCUT2D eigenvalue weighted by Crippen LogP contribution is 2.38. The highest BCUT2D eigenvalue weighted by Gasteiger charge is 2.40. The van der Waals surface area contributed by atoms with Crippen molar-refractivity contribution in [1.29, 1.82) is 0 Å². The largest absolute Gasteiger partial charge is 0.398 e. The SMILES string of the molecule is Nc1cc(F)ccc1S(=O)(=O)N1CCC[C@H]2CCCC[C@H]21. The summed E-state index contributed by atoms with van der Waals surface area (Å²) >= 11 is 0. The molecule has 6 heteroatoms. The summed E-state index contributed by atoms with van der Waals surface area (Å²) in [4.78, 5) is 0.0372. The number of benzene rings is 1. The molecular formula is C15H21FN2O2S. The van der Waals surface area contributed by atoms with E-state index in [9.17, 15) is 12.8 Å². The predicted octanol–water partition coefficient (Wildman–Crippen LogP) is 2.75. The lowest BCUT2D eigenvalue weighted by atomic mass is 9.79. The lowest BCUT2D eigenvalue weighted by molar-refractivity contribution is 0.129. The fourth-order valence-electron chi connectivity index (χ4n) is 3.76. The van der Waals surface area contributed by atoms with Gasteiger partial charge in [-0.05, 0) is 49.8 Å². The first kappa shape index (κ1) is 14.8. The van der Waals surface area contributed by atoms with E-state index in [0.29, 0.717) is 12.5 Å². The van der Waals surface area contributed by atoms with Gasteiger partial charge in [-0.1, -0.05) is 12.8 Å². The third kappa shape index (κ3) is 2.66. The summed E-state index contributed by atoms with van der Waals surface area (Å²) < 4.78 is 40.6. The summed E-state index contributed by atoms with van der Waals surface area (Å²) in [5, 5.41) is 0. The molecule has 1 aromatic rings. The van der Waals surface area contributed by atoms with Crippen molar-refractivity contribution in [3.05, 3.63) is 24.0 Å². The van der Waals surface area contributed by atoms with Gasteiger partial charge in [0.2, 0.25) is 10.0 Å². The van der Waals surface area contributed by atoms with Crippen molar-refractivity contribution in [3.8, 4) is 0 Å². The second-order valence-electron chi connectivity index (χ2n) is 6.05. The Kier molecular flexibility index (Phi) is 3.92. The van der Waals surface area contributed by atoms with Crippen molar-refractivity contribution >= 4 is 15.7 Å². The molecule has 2 fully saturated rings. The topological polar surface area (TPSA) is 63.4 Å². The first-order valence-electron chi connectivity index (χ1n) is 7.57. The zero-order valence-corrected chi connectivity index (χ0v) is 12.8. The van der Waals surface area contributed by atoms with E-state index in [4.69, 9.17) is 5.73 Å². The predicted molar refractivity (Wildman–Crippen MR) is 79.7 cm³/mol. The standard InChI is InChI=1S/C15H21FN2O2S/c16-12-7-8-15(13(17)10-12)21(19,20)18-9-3-5-11-4-1-2-6-14(11)18/h7-8,10-11,14H,1-6,9,17H2/t11-,14-/m1/s1. The lowest BCUT2D eigenvalue weighted by Gasteiger charge is -2.43. The number of halogens is 1. The van der Waals surface area contributed by atoms with Crippen LogP contribution in [0.2, 0.25) is 0 Å². The van der Waals surface area contributed by atoms with Crippen LogP contribution in [0.15, 0.2) is 23.1 Å². The van der Waals surface area contributed by atoms with Gasteiger partial charge in [0.1, 0.15) is 10.7 Å². The minimum atomic E-state index is -3.64. The van der Waals surface area contributed by atoms with E-state index in [0.717, 1.165) is 44.2 Å². The molecule has 0 aromatic heterocycles. The number of piperidine rings is 1. The van der Waals surface area contributed by atoms with Crippen LogP contribution in [0.5, 0.6) is 0 Å². The molecule has 1 aromatic carbocycles. The first-order valence-corrected chi connectivity index (χ1v) is 9.01. The molecule has 21 heavy (non-hydrogen) atoms. The highest BCUT2D eigenvalue weighted by molar-refractivity contribution is 7.89. The van der Waals surface area contributed by atoms with Gasteiger partial charge in [-0.2, -0.15) is 4.31 Å². The van der Waals surface area contributed by atoms with E-state index in [1.807, 2.05) is 0 Å². The molecule has 2 aliphatic rings. The fourth-order valence-corrected chi connectivity index (χ4v) is 5.61. The summed E-state index contributed by atoms with van der Waals surface area (Å²) in [5.41, 5.74) is 5.73. The second-order valence-corrected chi connectivity index (χ2v) is 7.91. The molecule has 1 saturated carbocycles. The Balaban J connectivity index is 1.96. The van der Waals surface area contributed by atoms with E-state index < -0.39 is 15.8 Å². The van der Waals surface area contributed by atoms with Gasteiger partial charge >= 0.3 is 0 Å². The van der Waals surface area contributed by atoms with Crippen molar-refractivity contribution in [1.82, 2.24) is 4.31 Å². The Morgan fingerprint density at radius 1 is 1.14 bits per heavy atom. The van der Waals surface area contributed by atoms with Crippen LogP contribution < -0.4 is 5.73 Å². The normalized spacial score (nSPS) is 27.3. The maximum Gasteiger partial charge on any atom is 0.245 e. The molecule has 0 bridgehead atoms. The molecule has 1 saturated heterocycles. The van der Waals surface area contributed by atoms with Gasteiger partial charge in [-0.25, -0.2) is 12.8 Å². The average Bonchev–Trinajstić information content (AvgIpc) is 2.46. The van der Waals surface area contributed by atoms with Gasteiger partial charge in [-0.3, -0.25) is 0 Å². The van der Waals surface area contributed by atoms with Crippen LogP contribution >= 0.6 is 0 Å². The van der Waals surface area contributed by atoms with E-state index in [1.54, 1.807) is 4.31 Å². The summed E-state index contributed by atoms with van der Waals surface area (Å²) in [7, 11) is -3.64. The molecule has 2 atom stereocenters. The summed E-state index contributed by atoms with van der Waals surface area (Å²) in [6.45, 7) is 0.542. The number of nitrogen functional groups attached to an aromatic ring is 1. The number of hydrogen-bond donors (Lipinski definition) is 1. The highest BCUT2D eigenvalue weighted by atomic mass is 32.2. The molecular weight excluding hydrogens is 291 g/mol.